The Hall–Kier alpha value is -2.97. The van der Waals surface area contributed by atoms with Crippen LogP contribution in [-0.2, 0) is 6.54 Å². The number of primary amides is 1. The highest BCUT2D eigenvalue weighted by molar-refractivity contribution is 7.23. The van der Waals surface area contributed by atoms with Gasteiger partial charge in [-0.3, -0.25) is 19.1 Å². The monoisotopic (exact) mass is 439 g/mol. The number of urea groups is 1. The Morgan fingerprint density at radius 1 is 1.19 bits per heavy atom. The van der Waals surface area contributed by atoms with Crippen LogP contribution >= 0.6 is 11.3 Å². The average Bonchev–Trinajstić information content (AvgIpc) is 3.49. The van der Waals surface area contributed by atoms with Crippen LogP contribution in [-0.4, -0.2) is 33.6 Å². The first-order valence-electron chi connectivity index (χ1n) is 10.2. The van der Waals surface area contributed by atoms with Crippen molar-refractivity contribution in [2.75, 3.05) is 11.5 Å². The standard InChI is InChI=1S/C23H25N3O4S/c1-23(2,13-27)26(22(24)30)21-18(19(29)15-6-4-3-5-7-15)16-10-11-17(28)25(20(16)31-21)12-14-8-9-14/h3-7,10-11,14,27H,8-9,12-13H2,1-2H3,(H2,24,30). The summed E-state index contributed by atoms with van der Waals surface area (Å²) in [6.07, 6.45) is 2.14. The van der Waals surface area contributed by atoms with Crippen LogP contribution in [0.2, 0.25) is 0 Å². The molecule has 0 spiro atoms. The number of amides is 2. The maximum Gasteiger partial charge on any atom is 0.320 e. The molecule has 8 heteroatoms. The van der Waals surface area contributed by atoms with Gasteiger partial charge in [-0.2, -0.15) is 0 Å². The summed E-state index contributed by atoms with van der Waals surface area (Å²) in [5.41, 5.74) is 5.32. The first-order valence-corrected chi connectivity index (χ1v) is 11.0. The quantitative estimate of drug-likeness (QED) is 0.551. The molecule has 2 aromatic heterocycles. The van der Waals surface area contributed by atoms with Crippen LogP contribution in [0.5, 0.6) is 0 Å². The number of carbonyl (C=O) groups is 2. The molecule has 7 nitrogen and oxygen atoms in total. The SMILES string of the molecule is CC(C)(CO)N(C(N)=O)c1sc2c(ccc(=O)n2CC2CC2)c1C(=O)c1ccccc1. The van der Waals surface area contributed by atoms with Gasteiger partial charge in [-0.05, 0) is 38.7 Å². The Kier molecular flexibility index (Phi) is 5.45. The van der Waals surface area contributed by atoms with Gasteiger partial charge < -0.3 is 10.8 Å². The zero-order chi connectivity index (χ0) is 22.3. The van der Waals surface area contributed by atoms with Crippen molar-refractivity contribution in [3.05, 3.63) is 63.9 Å². The molecule has 1 aliphatic carbocycles. The highest BCUT2D eigenvalue weighted by Crippen LogP contribution is 2.42. The number of thiophene rings is 1. The molecule has 0 radical (unpaired) electrons. The predicted molar refractivity (Wildman–Crippen MR) is 122 cm³/mol. The number of carbonyl (C=O) groups excluding carboxylic acids is 2. The van der Waals surface area contributed by atoms with Crippen LogP contribution in [0.4, 0.5) is 9.80 Å². The molecule has 3 N–H and O–H groups in total. The summed E-state index contributed by atoms with van der Waals surface area (Å²) in [5, 5.41) is 10.9. The molecule has 4 rings (SSSR count). The van der Waals surface area contributed by atoms with E-state index in [-0.39, 0.29) is 17.9 Å². The molecule has 3 aromatic rings. The van der Waals surface area contributed by atoms with E-state index in [1.807, 2.05) is 6.07 Å². The fourth-order valence-corrected chi connectivity index (χ4v) is 5.18. The minimum atomic E-state index is -1.04. The normalized spacial score (nSPS) is 14.0. The minimum absolute atomic E-state index is 0.141. The Morgan fingerprint density at radius 2 is 1.87 bits per heavy atom. The van der Waals surface area contributed by atoms with E-state index in [9.17, 15) is 19.5 Å². The second kappa shape index (κ2) is 7.94. The zero-order valence-electron chi connectivity index (χ0n) is 17.5. The maximum atomic E-state index is 13.6. The summed E-state index contributed by atoms with van der Waals surface area (Å²) in [6, 6.07) is 11.1. The van der Waals surface area contributed by atoms with E-state index in [2.05, 4.69) is 0 Å². The van der Waals surface area contributed by atoms with E-state index in [1.54, 1.807) is 48.7 Å². The molecular weight excluding hydrogens is 414 g/mol. The average molecular weight is 440 g/mol. The van der Waals surface area contributed by atoms with E-state index in [0.29, 0.717) is 38.8 Å². The van der Waals surface area contributed by atoms with Crippen molar-refractivity contribution >= 4 is 38.4 Å². The molecule has 0 atom stereocenters. The number of hydrogen-bond donors (Lipinski definition) is 2. The first kappa shape index (κ1) is 21.3. The van der Waals surface area contributed by atoms with Crippen molar-refractivity contribution < 1.29 is 14.7 Å². The number of benzene rings is 1. The number of rotatable bonds is 7. The second-order valence-electron chi connectivity index (χ2n) is 8.57. The van der Waals surface area contributed by atoms with Gasteiger partial charge in [-0.25, -0.2) is 4.79 Å². The lowest BCUT2D eigenvalue weighted by Gasteiger charge is -2.35. The maximum absolute atomic E-state index is 13.6. The molecule has 1 saturated carbocycles. The van der Waals surface area contributed by atoms with Crippen LogP contribution in [0.15, 0.2) is 47.3 Å². The van der Waals surface area contributed by atoms with Crippen LogP contribution < -0.4 is 16.2 Å². The summed E-state index contributed by atoms with van der Waals surface area (Å²) in [5.74, 6) is 0.182. The third kappa shape index (κ3) is 3.88. The molecule has 162 valence electrons. The number of nitrogens with zero attached hydrogens (tertiary/aromatic N) is 2. The summed E-state index contributed by atoms with van der Waals surface area (Å²) in [4.78, 5) is 40.6. The van der Waals surface area contributed by atoms with Gasteiger partial charge in [0.25, 0.3) is 5.56 Å². The number of nitrogens with two attached hydrogens (primary N) is 1. The van der Waals surface area contributed by atoms with Gasteiger partial charge in [-0.1, -0.05) is 41.7 Å². The molecule has 0 saturated heterocycles. The Labute approximate surface area is 183 Å². The summed E-state index contributed by atoms with van der Waals surface area (Å²) < 4.78 is 1.69. The summed E-state index contributed by atoms with van der Waals surface area (Å²) in [7, 11) is 0. The Balaban J connectivity index is 2.02. The number of aliphatic hydroxyl groups is 1. The molecule has 1 fully saturated rings. The van der Waals surface area contributed by atoms with Crippen LogP contribution in [0.25, 0.3) is 10.2 Å². The largest absolute Gasteiger partial charge is 0.394 e. The highest BCUT2D eigenvalue weighted by Gasteiger charge is 2.36. The molecule has 2 amide bonds. The third-order valence-corrected chi connectivity index (χ3v) is 6.84. The van der Waals surface area contributed by atoms with Crippen LogP contribution in [0.1, 0.15) is 42.6 Å². The predicted octanol–water partition coefficient (Wildman–Crippen LogP) is 3.36. The molecule has 0 aliphatic heterocycles. The van der Waals surface area contributed by atoms with Gasteiger partial charge in [0.2, 0.25) is 0 Å². The number of anilines is 1. The zero-order valence-corrected chi connectivity index (χ0v) is 18.3. The van der Waals surface area contributed by atoms with E-state index >= 15 is 0 Å². The van der Waals surface area contributed by atoms with E-state index in [0.717, 1.165) is 12.8 Å². The molecule has 31 heavy (non-hydrogen) atoms. The lowest BCUT2D eigenvalue weighted by molar-refractivity contribution is 0.104. The molecular formula is C23H25N3O4S. The number of fused-ring (bicyclic) bond motifs is 1. The summed E-state index contributed by atoms with van der Waals surface area (Å²) >= 11 is 1.19. The second-order valence-corrected chi connectivity index (χ2v) is 9.54. The van der Waals surface area contributed by atoms with Gasteiger partial charge in [0, 0.05) is 23.6 Å². The van der Waals surface area contributed by atoms with Crippen molar-refractivity contribution in [1.29, 1.82) is 0 Å². The number of aliphatic hydroxyl groups excluding tert-OH is 1. The Morgan fingerprint density at radius 3 is 2.45 bits per heavy atom. The third-order valence-electron chi connectivity index (χ3n) is 5.63. The molecule has 0 bridgehead atoms. The number of aromatic nitrogens is 1. The first-order chi connectivity index (χ1) is 14.7. The number of pyridine rings is 1. The van der Waals surface area contributed by atoms with E-state index in [4.69, 9.17) is 5.73 Å². The van der Waals surface area contributed by atoms with Crippen molar-refractivity contribution in [3.63, 3.8) is 0 Å². The fourth-order valence-electron chi connectivity index (χ4n) is 3.71. The van der Waals surface area contributed by atoms with Gasteiger partial charge in [0.1, 0.15) is 9.83 Å². The van der Waals surface area contributed by atoms with Crippen LogP contribution in [0.3, 0.4) is 0 Å². The van der Waals surface area contributed by atoms with Gasteiger partial charge in [-0.15, -0.1) is 0 Å². The van der Waals surface area contributed by atoms with Gasteiger partial charge in [0.05, 0.1) is 17.7 Å². The molecule has 1 aliphatic rings. The lowest BCUT2D eigenvalue weighted by Crippen LogP contribution is -2.53. The van der Waals surface area contributed by atoms with Gasteiger partial charge in [0.15, 0.2) is 5.78 Å². The van der Waals surface area contributed by atoms with E-state index in [1.165, 1.54) is 22.3 Å². The fraction of sp³-hybridized carbons (Fsp3) is 0.348. The number of hydrogen-bond acceptors (Lipinski definition) is 5. The van der Waals surface area contributed by atoms with Crippen molar-refractivity contribution in [2.45, 2.75) is 38.8 Å². The lowest BCUT2D eigenvalue weighted by atomic mass is 9.99. The smallest absolute Gasteiger partial charge is 0.320 e. The van der Waals surface area contributed by atoms with Crippen molar-refractivity contribution in [1.82, 2.24) is 4.57 Å². The van der Waals surface area contributed by atoms with Crippen molar-refractivity contribution in [2.24, 2.45) is 11.7 Å². The molecule has 0 unspecified atom stereocenters. The number of ketones is 1. The summed E-state index contributed by atoms with van der Waals surface area (Å²) in [6.45, 7) is 3.58. The topological polar surface area (TPSA) is 106 Å². The van der Waals surface area contributed by atoms with Crippen molar-refractivity contribution in [3.8, 4) is 0 Å². The molecule has 1 aromatic carbocycles. The van der Waals surface area contributed by atoms with Gasteiger partial charge >= 0.3 is 6.03 Å². The Bertz CT molecular complexity index is 1210. The minimum Gasteiger partial charge on any atom is -0.394 e. The van der Waals surface area contributed by atoms with E-state index < -0.39 is 11.6 Å². The van der Waals surface area contributed by atoms with Crippen LogP contribution in [0, 0.1) is 5.92 Å². The molecule has 2 heterocycles. The highest BCUT2D eigenvalue weighted by atomic mass is 32.1.